The smallest absolute Gasteiger partial charge is 0.251 e. The minimum Gasteiger partial charge on any atom is -0.398 e. The van der Waals surface area contributed by atoms with Crippen molar-refractivity contribution in [3.05, 3.63) is 51.1 Å². The summed E-state index contributed by atoms with van der Waals surface area (Å²) in [5.41, 5.74) is 5.87. The van der Waals surface area contributed by atoms with Crippen LogP contribution in [0.25, 0.3) is 0 Å². The lowest BCUT2D eigenvalue weighted by molar-refractivity contribution is -0.130. The van der Waals surface area contributed by atoms with Crippen LogP contribution in [0, 0.1) is 0 Å². The molecular weight excluding hydrogens is 274 g/mol. The van der Waals surface area contributed by atoms with E-state index in [1.54, 1.807) is 23.3 Å². The Kier molecular flexibility index (Phi) is 4.57. The molecule has 0 aliphatic carbocycles. The van der Waals surface area contributed by atoms with Gasteiger partial charge in [0, 0.05) is 36.4 Å². The summed E-state index contributed by atoms with van der Waals surface area (Å²) in [4.78, 5) is 26.6. The first-order chi connectivity index (χ1) is 9.56. The predicted octanol–water partition coefficient (Wildman–Crippen LogP) is 1.19. The Morgan fingerprint density at radius 1 is 1.40 bits per heavy atom. The van der Waals surface area contributed by atoms with Crippen molar-refractivity contribution in [3.63, 3.8) is 0 Å². The fourth-order valence-electron chi connectivity index (χ4n) is 1.80. The summed E-state index contributed by atoms with van der Waals surface area (Å²) in [5.74, 6) is -0.103. The van der Waals surface area contributed by atoms with Gasteiger partial charge in [-0.1, -0.05) is 6.07 Å². The first-order valence-corrected chi connectivity index (χ1v) is 7.16. The number of nitrogens with zero attached hydrogens (tertiary/aromatic N) is 2. The van der Waals surface area contributed by atoms with E-state index in [-0.39, 0.29) is 18.0 Å². The molecule has 106 valence electrons. The van der Waals surface area contributed by atoms with Crippen LogP contribution in [-0.2, 0) is 17.8 Å². The fraction of sp³-hybridized carbons (Fsp3) is 0.286. The minimum atomic E-state index is -0.223. The number of amides is 1. The first-order valence-electron chi connectivity index (χ1n) is 6.28. The Bertz CT molecular complexity index is 634. The molecule has 2 aromatic heterocycles. The largest absolute Gasteiger partial charge is 0.398 e. The van der Waals surface area contributed by atoms with E-state index in [2.05, 4.69) is 0 Å². The maximum Gasteiger partial charge on any atom is 0.251 e. The van der Waals surface area contributed by atoms with Crippen LogP contribution in [0.5, 0.6) is 0 Å². The van der Waals surface area contributed by atoms with E-state index in [0.717, 1.165) is 6.42 Å². The number of likely N-dealkylation sites (N-methyl/N-ethyl adjacent to an activating group) is 1. The van der Waals surface area contributed by atoms with Crippen LogP contribution in [0.1, 0.15) is 4.88 Å². The highest BCUT2D eigenvalue weighted by Gasteiger charge is 2.10. The van der Waals surface area contributed by atoms with E-state index in [9.17, 15) is 9.59 Å². The number of pyridine rings is 1. The average Bonchev–Trinajstić information content (AvgIpc) is 2.93. The zero-order chi connectivity index (χ0) is 14.5. The third kappa shape index (κ3) is 3.71. The molecule has 0 spiro atoms. The molecule has 1 amide bonds. The van der Waals surface area contributed by atoms with Crippen molar-refractivity contribution in [2.75, 3.05) is 19.3 Å². The Morgan fingerprint density at radius 3 is 2.90 bits per heavy atom. The number of anilines is 1. The van der Waals surface area contributed by atoms with Crippen LogP contribution < -0.4 is 11.3 Å². The van der Waals surface area contributed by atoms with Crippen LogP contribution in [-0.4, -0.2) is 29.0 Å². The Morgan fingerprint density at radius 2 is 2.20 bits per heavy atom. The van der Waals surface area contributed by atoms with Crippen molar-refractivity contribution in [2.45, 2.75) is 13.0 Å². The monoisotopic (exact) mass is 291 g/mol. The number of nitrogen functional groups attached to an aromatic ring is 1. The van der Waals surface area contributed by atoms with Crippen molar-refractivity contribution in [1.29, 1.82) is 0 Å². The second kappa shape index (κ2) is 6.38. The van der Waals surface area contributed by atoms with E-state index in [1.807, 2.05) is 17.5 Å². The number of aromatic nitrogens is 1. The maximum absolute atomic E-state index is 12.1. The van der Waals surface area contributed by atoms with Crippen LogP contribution >= 0.6 is 11.3 Å². The van der Waals surface area contributed by atoms with Gasteiger partial charge in [0.05, 0.1) is 0 Å². The lowest BCUT2D eigenvalue weighted by Crippen LogP contribution is -2.34. The summed E-state index contributed by atoms with van der Waals surface area (Å²) in [6.45, 7) is 0.654. The van der Waals surface area contributed by atoms with Crippen LogP contribution in [0.15, 0.2) is 40.6 Å². The fourth-order valence-corrected chi connectivity index (χ4v) is 2.50. The molecule has 20 heavy (non-hydrogen) atoms. The van der Waals surface area contributed by atoms with E-state index >= 15 is 0 Å². The average molecular weight is 291 g/mol. The van der Waals surface area contributed by atoms with Gasteiger partial charge in [-0.15, -0.1) is 11.3 Å². The zero-order valence-corrected chi connectivity index (χ0v) is 12.1. The number of rotatable bonds is 5. The van der Waals surface area contributed by atoms with Crippen molar-refractivity contribution in [1.82, 2.24) is 9.47 Å². The van der Waals surface area contributed by atoms with E-state index in [1.165, 1.54) is 27.8 Å². The maximum atomic E-state index is 12.1. The molecule has 0 radical (unpaired) electrons. The van der Waals surface area contributed by atoms with E-state index < -0.39 is 0 Å². The van der Waals surface area contributed by atoms with Crippen LogP contribution in [0.4, 0.5) is 5.69 Å². The SMILES string of the molecule is CN(CCc1cccs1)C(=O)Cn1cc(N)ccc1=O. The molecule has 0 saturated carbocycles. The van der Waals surface area contributed by atoms with Gasteiger partial charge in [-0.3, -0.25) is 9.59 Å². The van der Waals surface area contributed by atoms with Crippen LogP contribution in [0.2, 0.25) is 0 Å². The summed E-state index contributed by atoms with van der Waals surface area (Å²) in [6.07, 6.45) is 2.32. The lowest BCUT2D eigenvalue weighted by atomic mass is 10.3. The highest BCUT2D eigenvalue weighted by atomic mass is 32.1. The summed E-state index contributed by atoms with van der Waals surface area (Å²) < 4.78 is 1.33. The molecule has 2 heterocycles. The van der Waals surface area contributed by atoms with Crippen molar-refractivity contribution in [3.8, 4) is 0 Å². The molecule has 0 fully saturated rings. The second-order valence-electron chi connectivity index (χ2n) is 4.57. The molecule has 5 nitrogen and oxygen atoms in total. The van der Waals surface area contributed by atoms with Gasteiger partial charge in [-0.05, 0) is 23.9 Å². The quantitative estimate of drug-likeness (QED) is 0.900. The second-order valence-corrected chi connectivity index (χ2v) is 5.61. The Balaban J connectivity index is 1.93. The van der Waals surface area contributed by atoms with Gasteiger partial charge in [0.1, 0.15) is 6.54 Å². The Labute approximate surface area is 121 Å². The minimum absolute atomic E-state index is 0.0187. The van der Waals surface area contributed by atoms with Gasteiger partial charge in [0.2, 0.25) is 5.91 Å². The van der Waals surface area contributed by atoms with Gasteiger partial charge in [-0.25, -0.2) is 0 Å². The molecule has 2 rings (SSSR count). The number of thiophene rings is 1. The van der Waals surface area contributed by atoms with Crippen LogP contribution in [0.3, 0.4) is 0 Å². The van der Waals surface area contributed by atoms with Gasteiger partial charge < -0.3 is 15.2 Å². The standard InChI is InChI=1S/C14H17N3O2S/c1-16(7-6-12-3-2-8-20-12)14(19)10-17-9-11(15)4-5-13(17)18/h2-5,8-9H,6-7,10,15H2,1H3. The molecule has 0 bridgehead atoms. The molecule has 0 unspecified atom stereocenters. The molecule has 0 aromatic carbocycles. The summed E-state index contributed by atoms with van der Waals surface area (Å²) >= 11 is 1.68. The molecule has 6 heteroatoms. The van der Waals surface area contributed by atoms with Crippen molar-refractivity contribution < 1.29 is 4.79 Å². The van der Waals surface area contributed by atoms with Gasteiger partial charge in [-0.2, -0.15) is 0 Å². The Hall–Kier alpha value is -2.08. The highest BCUT2D eigenvalue weighted by Crippen LogP contribution is 2.09. The molecule has 0 saturated heterocycles. The van der Waals surface area contributed by atoms with Crippen molar-refractivity contribution in [2.24, 2.45) is 0 Å². The number of hydrogen-bond acceptors (Lipinski definition) is 4. The molecule has 2 aromatic rings. The molecule has 0 aliphatic heterocycles. The zero-order valence-electron chi connectivity index (χ0n) is 11.3. The molecular formula is C14H17N3O2S. The summed E-state index contributed by atoms with van der Waals surface area (Å²) in [7, 11) is 1.74. The van der Waals surface area contributed by atoms with Gasteiger partial charge in [0.15, 0.2) is 0 Å². The predicted molar refractivity (Wildman–Crippen MR) is 80.8 cm³/mol. The molecule has 0 aliphatic rings. The lowest BCUT2D eigenvalue weighted by Gasteiger charge is -2.17. The normalized spacial score (nSPS) is 10.4. The number of carbonyl (C=O) groups is 1. The van der Waals surface area contributed by atoms with E-state index in [0.29, 0.717) is 12.2 Å². The summed E-state index contributed by atoms with van der Waals surface area (Å²) in [5, 5.41) is 2.02. The molecule has 2 N–H and O–H groups in total. The van der Waals surface area contributed by atoms with E-state index in [4.69, 9.17) is 5.73 Å². The highest BCUT2D eigenvalue weighted by molar-refractivity contribution is 7.09. The topological polar surface area (TPSA) is 68.3 Å². The summed E-state index contributed by atoms with van der Waals surface area (Å²) in [6, 6.07) is 6.94. The number of carbonyl (C=O) groups excluding carboxylic acids is 1. The molecule has 0 atom stereocenters. The van der Waals surface area contributed by atoms with Gasteiger partial charge >= 0.3 is 0 Å². The third-order valence-electron chi connectivity index (χ3n) is 3.01. The van der Waals surface area contributed by atoms with Crippen molar-refractivity contribution >= 4 is 22.9 Å². The third-order valence-corrected chi connectivity index (χ3v) is 3.95. The first kappa shape index (κ1) is 14.3. The number of nitrogens with two attached hydrogens (primary N) is 1. The van der Waals surface area contributed by atoms with Gasteiger partial charge in [0.25, 0.3) is 5.56 Å². The number of hydrogen-bond donors (Lipinski definition) is 1.